The summed E-state index contributed by atoms with van der Waals surface area (Å²) in [7, 11) is 0. The van der Waals surface area contributed by atoms with E-state index in [2.05, 4.69) is 6.92 Å². The first-order valence-corrected chi connectivity index (χ1v) is 6.24. The van der Waals surface area contributed by atoms with Crippen LogP contribution in [-0.2, 0) is 6.42 Å². The van der Waals surface area contributed by atoms with Crippen LogP contribution in [0.25, 0.3) is 11.1 Å². The number of hydrogen-bond acceptors (Lipinski definition) is 1. The van der Waals surface area contributed by atoms with Crippen molar-refractivity contribution in [2.45, 2.75) is 19.8 Å². The van der Waals surface area contributed by atoms with Gasteiger partial charge in [0.1, 0.15) is 5.82 Å². The van der Waals surface area contributed by atoms with Gasteiger partial charge in [0.25, 0.3) is 0 Å². The van der Waals surface area contributed by atoms with E-state index in [0.29, 0.717) is 0 Å². The van der Waals surface area contributed by atoms with Crippen LogP contribution in [0.2, 0.25) is 0 Å². The van der Waals surface area contributed by atoms with E-state index in [1.54, 1.807) is 6.07 Å². The van der Waals surface area contributed by atoms with Gasteiger partial charge in [-0.1, -0.05) is 43.7 Å². The lowest BCUT2D eigenvalue weighted by atomic mass is 9.99. The fourth-order valence-electron chi connectivity index (χ4n) is 2.06. The highest BCUT2D eigenvalue weighted by Crippen LogP contribution is 2.23. The third-order valence-electron chi connectivity index (χ3n) is 3.00. The summed E-state index contributed by atoms with van der Waals surface area (Å²) in [4.78, 5) is 10.9. The topological polar surface area (TPSA) is 37.3 Å². The van der Waals surface area contributed by atoms with Gasteiger partial charge in [0.2, 0.25) is 0 Å². The van der Waals surface area contributed by atoms with Crippen molar-refractivity contribution in [2.24, 2.45) is 0 Å². The van der Waals surface area contributed by atoms with Crippen molar-refractivity contribution in [3.8, 4) is 11.1 Å². The fourth-order valence-corrected chi connectivity index (χ4v) is 2.06. The molecular formula is C16H15FO2. The lowest BCUT2D eigenvalue weighted by Gasteiger charge is -2.06. The molecule has 0 radical (unpaired) electrons. The molecule has 0 aliphatic heterocycles. The molecule has 0 saturated carbocycles. The summed E-state index contributed by atoms with van der Waals surface area (Å²) in [6, 6.07) is 12.1. The molecule has 0 fully saturated rings. The summed E-state index contributed by atoms with van der Waals surface area (Å²) >= 11 is 0. The predicted octanol–water partition coefficient (Wildman–Crippen LogP) is 4.14. The zero-order chi connectivity index (χ0) is 13.8. The Hall–Kier alpha value is -2.16. The van der Waals surface area contributed by atoms with Crippen molar-refractivity contribution in [3.63, 3.8) is 0 Å². The molecule has 0 atom stereocenters. The molecule has 0 aliphatic rings. The highest BCUT2D eigenvalue weighted by Gasteiger charge is 2.11. The summed E-state index contributed by atoms with van der Waals surface area (Å²) < 4.78 is 13.4. The monoisotopic (exact) mass is 258 g/mol. The second-order valence-corrected chi connectivity index (χ2v) is 4.45. The minimum absolute atomic E-state index is 0.293. The zero-order valence-electron chi connectivity index (χ0n) is 10.7. The Balaban J connectivity index is 2.44. The van der Waals surface area contributed by atoms with E-state index in [9.17, 15) is 9.18 Å². The smallest absolute Gasteiger partial charge is 0.338 e. The number of aromatic carboxylic acids is 1. The summed E-state index contributed by atoms with van der Waals surface area (Å²) in [6.45, 7) is 2.10. The minimum Gasteiger partial charge on any atom is -0.478 e. The predicted molar refractivity (Wildman–Crippen MR) is 72.8 cm³/mol. The second kappa shape index (κ2) is 5.65. The average Bonchev–Trinajstić information content (AvgIpc) is 2.39. The van der Waals surface area contributed by atoms with Gasteiger partial charge in [0.15, 0.2) is 0 Å². The quantitative estimate of drug-likeness (QED) is 0.894. The van der Waals surface area contributed by atoms with Crippen molar-refractivity contribution in [2.75, 3.05) is 0 Å². The van der Waals surface area contributed by atoms with Gasteiger partial charge in [0.05, 0.1) is 5.56 Å². The summed E-state index contributed by atoms with van der Waals surface area (Å²) in [5, 5.41) is 8.94. The third-order valence-corrected chi connectivity index (χ3v) is 3.00. The van der Waals surface area contributed by atoms with Gasteiger partial charge in [-0.2, -0.15) is 0 Å². The van der Waals surface area contributed by atoms with E-state index in [4.69, 9.17) is 5.11 Å². The Morgan fingerprint density at radius 2 is 1.89 bits per heavy atom. The number of carboxylic acids is 1. The van der Waals surface area contributed by atoms with Crippen LogP contribution in [0.15, 0.2) is 42.5 Å². The van der Waals surface area contributed by atoms with E-state index >= 15 is 0 Å². The molecule has 0 spiro atoms. The highest BCUT2D eigenvalue weighted by atomic mass is 19.1. The first-order valence-electron chi connectivity index (χ1n) is 6.24. The van der Waals surface area contributed by atoms with Gasteiger partial charge in [-0.25, -0.2) is 9.18 Å². The largest absolute Gasteiger partial charge is 0.478 e. The van der Waals surface area contributed by atoms with Gasteiger partial charge < -0.3 is 5.11 Å². The SMILES string of the molecule is CCCc1cccc(-c2ccc(F)c(C(=O)O)c2)c1. The van der Waals surface area contributed by atoms with Crippen molar-refractivity contribution in [1.29, 1.82) is 0 Å². The molecule has 0 amide bonds. The first-order chi connectivity index (χ1) is 9.11. The first kappa shape index (κ1) is 13.3. The molecule has 0 saturated heterocycles. The maximum absolute atomic E-state index is 13.4. The van der Waals surface area contributed by atoms with E-state index < -0.39 is 11.8 Å². The summed E-state index contributed by atoms with van der Waals surface area (Å²) in [5.74, 6) is -1.95. The van der Waals surface area contributed by atoms with Gasteiger partial charge in [-0.3, -0.25) is 0 Å². The maximum atomic E-state index is 13.4. The van der Waals surface area contributed by atoms with Crippen LogP contribution in [-0.4, -0.2) is 11.1 Å². The number of benzene rings is 2. The van der Waals surface area contributed by atoms with Crippen LogP contribution in [0.5, 0.6) is 0 Å². The Morgan fingerprint density at radius 3 is 2.58 bits per heavy atom. The third kappa shape index (κ3) is 2.99. The van der Waals surface area contributed by atoms with Crippen LogP contribution in [0.4, 0.5) is 4.39 Å². The molecule has 0 heterocycles. The lowest BCUT2D eigenvalue weighted by molar-refractivity contribution is 0.0692. The standard InChI is InChI=1S/C16H15FO2/c1-2-4-11-5-3-6-12(9-11)13-7-8-15(17)14(10-13)16(18)19/h3,5-10H,2,4H2,1H3,(H,18,19). The normalized spacial score (nSPS) is 10.4. The van der Waals surface area contributed by atoms with E-state index in [1.807, 2.05) is 24.3 Å². The Bertz CT molecular complexity index is 605. The van der Waals surface area contributed by atoms with Crippen LogP contribution < -0.4 is 0 Å². The van der Waals surface area contributed by atoms with Crippen LogP contribution in [0, 0.1) is 5.82 Å². The van der Waals surface area contributed by atoms with Gasteiger partial charge >= 0.3 is 5.97 Å². The maximum Gasteiger partial charge on any atom is 0.338 e. The Labute approximate surface area is 111 Å². The molecule has 1 N–H and O–H groups in total. The van der Waals surface area contributed by atoms with Gasteiger partial charge in [-0.05, 0) is 35.2 Å². The molecule has 98 valence electrons. The van der Waals surface area contributed by atoms with Crippen molar-refractivity contribution in [3.05, 3.63) is 59.4 Å². The second-order valence-electron chi connectivity index (χ2n) is 4.45. The number of aryl methyl sites for hydroxylation is 1. The lowest BCUT2D eigenvalue weighted by Crippen LogP contribution is -2.00. The summed E-state index contributed by atoms with van der Waals surface area (Å²) in [6.07, 6.45) is 2.02. The zero-order valence-corrected chi connectivity index (χ0v) is 10.7. The molecular weight excluding hydrogens is 243 g/mol. The van der Waals surface area contributed by atoms with E-state index in [0.717, 1.165) is 24.0 Å². The number of carboxylic acid groups (broad SMARTS) is 1. The summed E-state index contributed by atoms with van der Waals surface area (Å²) in [5.41, 5.74) is 2.53. The molecule has 2 aromatic rings. The number of rotatable bonds is 4. The van der Waals surface area contributed by atoms with Crippen LogP contribution >= 0.6 is 0 Å². The van der Waals surface area contributed by atoms with E-state index in [-0.39, 0.29) is 5.56 Å². The van der Waals surface area contributed by atoms with Crippen molar-refractivity contribution in [1.82, 2.24) is 0 Å². The molecule has 0 aromatic heterocycles. The van der Waals surface area contributed by atoms with Crippen LogP contribution in [0.1, 0.15) is 29.3 Å². The van der Waals surface area contributed by atoms with Crippen LogP contribution in [0.3, 0.4) is 0 Å². The molecule has 19 heavy (non-hydrogen) atoms. The molecule has 2 rings (SSSR count). The number of carbonyl (C=O) groups is 1. The number of halogens is 1. The van der Waals surface area contributed by atoms with Crippen molar-refractivity contribution >= 4 is 5.97 Å². The van der Waals surface area contributed by atoms with E-state index in [1.165, 1.54) is 17.7 Å². The molecule has 0 bridgehead atoms. The average molecular weight is 258 g/mol. The van der Waals surface area contributed by atoms with Gasteiger partial charge in [0, 0.05) is 0 Å². The minimum atomic E-state index is -1.25. The molecule has 0 aliphatic carbocycles. The van der Waals surface area contributed by atoms with Crippen molar-refractivity contribution < 1.29 is 14.3 Å². The molecule has 0 unspecified atom stereocenters. The Morgan fingerprint density at radius 1 is 1.16 bits per heavy atom. The Kier molecular flexibility index (Phi) is 3.95. The fraction of sp³-hybridized carbons (Fsp3) is 0.188. The van der Waals surface area contributed by atoms with Gasteiger partial charge in [-0.15, -0.1) is 0 Å². The number of hydrogen-bond donors (Lipinski definition) is 1. The highest BCUT2D eigenvalue weighted by molar-refractivity contribution is 5.89. The molecule has 3 heteroatoms. The molecule has 2 aromatic carbocycles. The molecule has 2 nitrogen and oxygen atoms in total.